The monoisotopic (exact) mass is 173 g/mol. The standard InChI is InChI=1S/C9H7N3O/c10-2-1-6-4-9(13)8(12)3-7(6)5-11/h3-4,13H,1,12H2. The van der Waals surface area contributed by atoms with Gasteiger partial charge >= 0.3 is 0 Å². The molecule has 13 heavy (non-hydrogen) atoms. The Hall–Kier alpha value is -2.20. The Balaban J connectivity index is 3.28. The van der Waals surface area contributed by atoms with Crippen molar-refractivity contribution < 1.29 is 5.11 Å². The number of phenolic OH excluding ortho intramolecular Hbond substituents is 1. The lowest BCUT2D eigenvalue weighted by Crippen LogP contribution is -1.93. The summed E-state index contributed by atoms with van der Waals surface area (Å²) in [5.41, 5.74) is 6.36. The van der Waals surface area contributed by atoms with Gasteiger partial charge in [0.05, 0.1) is 29.8 Å². The quantitative estimate of drug-likeness (QED) is 0.487. The van der Waals surface area contributed by atoms with Crippen LogP contribution in [0.4, 0.5) is 5.69 Å². The van der Waals surface area contributed by atoms with E-state index in [1.165, 1.54) is 12.1 Å². The average Bonchev–Trinajstić information content (AvgIpc) is 2.11. The molecule has 0 saturated heterocycles. The van der Waals surface area contributed by atoms with Crippen LogP contribution >= 0.6 is 0 Å². The van der Waals surface area contributed by atoms with E-state index in [2.05, 4.69) is 0 Å². The Bertz CT molecular complexity index is 412. The molecule has 0 aliphatic heterocycles. The van der Waals surface area contributed by atoms with E-state index in [-0.39, 0.29) is 17.9 Å². The number of rotatable bonds is 1. The lowest BCUT2D eigenvalue weighted by molar-refractivity contribution is 0.477. The minimum Gasteiger partial charge on any atom is -0.506 e. The van der Waals surface area contributed by atoms with Gasteiger partial charge in [0.25, 0.3) is 0 Å². The molecule has 3 N–H and O–H groups in total. The van der Waals surface area contributed by atoms with Crippen molar-refractivity contribution in [3.63, 3.8) is 0 Å². The summed E-state index contributed by atoms with van der Waals surface area (Å²) in [5.74, 6) is -0.0933. The lowest BCUT2D eigenvalue weighted by Gasteiger charge is -2.02. The second-order valence-electron chi connectivity index (χ2n) is 2.51. The molecule has 0 atom stereocenters. The van der Waals surface area contributed by atoms with Gasteiger partial charge in [-0.3, -0.25) is 0 Å². The Morgan fingerprint density at radius 1 is 1.38 bits per heavy atom. The molecule has 0 heterocycles. The molecule has 0 saturated carbocycles. The zero-order chi connectivity index (χ0) is 9.84. The number of aromatic hydroxyl groups is 1. The van der Waals surface area contributed by atoms with Crippen molar-refractivity contribution in [1.82, 2.24) is 0 Å². The molecule has 4 nitrogen and oxygen atoms in total. The molecule has 4 heteroatoms. The van der Waals surface area contributed by atoms with Crippen LogP contribution in [-0.4, -0.2) is 5.11 Å². The average molecular weight is 173 g/mol. The molecular formula is C9H7N3O. The number of hydrogen-bond donors (Lipinski definition) is 2. The molecule has 1 aromatic rings. The van der Waals surface area contributed by atoms with Gasteiger partial charge in [0.1, 0.15) is 5.75 Å². The smallest absolute Gasteiger partial charge is 0.138 e. The number of anilines is 1. The predicted molar refractivity (Wildman–Crippen MR) is 46.6 cm³/mol. The second-order valence-corrected chi connectivity index (χ2v) is 2.51. The van der Waals surface area contributed by atoms with Crippen molar-refractivity contribution in [3.8, 4) is 17.9 Å². The predicted octanol–water partition coefficient (Wildman–Crippen LogP) is 0.912. The third-order valence-corrected chi connectivity index (χ3v) is 1.64. The minimum atomic E-state index is -0.0933. The van der Waals surface area contributed by atoms with E-state index in [1.807, 2.05) is 12.1 Å². The van der Waals surface area contributed by atoms with Gasteiger partial charge in [0.2, 0.25) is 0 Å². The number of nitrogen functional groups attached to an aromatic ring is 1. The first kappa shape index (κ1) is 8.89. The Labute approximate surface area is 75.4 Å². The van der Waals surface area contributed by atoms with E-state index in [0.29, 0.717) is 11.1 Å². The number of nitrogens with zero attached hydrogens (tertiary/aromatic N) is 2. The molecule has 0 unspecified atom stereocenters. The van der Waals surface area contributed by atoms with Crippen LogP contribution in [0.2, 0.25) is 0 Å². The Morgan fingerprint density at radius 2 is 2.08 bits per heavy atom. The molecule has 0 aliphatic carbocycles. The summed E-state index contributed by atoms with van der Waals surface area (Å²) in [7, 11) is 0. The van der Waals surface area contributed by atoms with Crippen LogP contribution in [0.1, 0.15) is 11.1 Å². The number of nitriles is 2. The van der Waals surface area contributed by atoms with E-state index in [9.17, 15) is 5.11 Å². The topological polar surface area (TPSA) is 93.8 Å². The third kappa shape index (κ3) is 1.69. The summed E-state index contributed by atoms with van der Waals surface area (Å²) in [6.07, 6.45) is 0.0940. The van der Waals surface area contributed by atoms with E-state index in [4.69, 9.17) is 16.3 Å². The molecule has 0 aliphatic rings. The maximum absolute atomic E-state index is 9.20. The van der Waals surface area contributed by atoms with E-state index in [1.54, 1.807) is 0 Å². The molecule has 1 rings (SSSR count). The lowest BCUT2D eigenvalue weighted by atomic mass is 10.0. The summed E-state index contributed by atoms with van der Waals surface area (Å²) in [6, 6.07) is 6.52. The van der Waals surface area contributed by atoms with Crippen molar-refractivity contribution in [3.05, 3.63) is 23.3 Å². The van der Waals surface area contributed by atoms with Gasteiger partial charge in [-0.05, 0) is 17.7 Å². The first-order chi connectivity index (χ1) is 6.19. The fraction of sp³-hybridized carbons (Fsp3) is 0.111. The van der Waals surface area contributed by atoms with Crippen LogP contribution in [0.15, 0.2) is 12.1 Å². The molecule has 0 spiro atoms. The second kappa shape index (κ2) is 3.46. The number of hydrogen-bond acceptors (Lipinski definition) is 4. The maximum Gasteiger partial charge on any atom is 0.138 e. The fourth-order valence-corrected chi connectivity index (χ4v) is 0.984. The van der Waals surface area contributed by atoms with Gasteiger partial charge in [0.15, 0.2) is 0 Å². The number of phenols is 1. The van der Waals surface area contributed by atoms with Crippen LogP contribution < -0.4 is 5.73 Å². The highest BCUT2D eigenvalue weighted by Gasteiger charge is 2.06. The van der Waals surface area contributed by atoms with Crippen molar-refractivity contribution in [2.24, 2.45) is 0 Å². The molecular weight excluding hydrogens is 166 g/mol. The van der Waals surface area contributed by atoms with Crippen LogP contribution in [-0.2, 0) is 6.42 Å². The van der Waals surface area contributed by atoms with Gasteiger partial charge in [0, 0.05) is 0 Å². The van der Waals surface area contributed by atoms with Crippen molar-refractivity contribution >= 4 is 5.69 Å². The van der Waals surface area contributed by atoms with Crippen LogP contribution in [0.3, 0.4) is 0 Å². The normalized spacial score (nSPS) is 8.77. The summed E-state index contributed by atoms with van der Waals surface area (Å²) in [5, 5.41) is 26.3. The highest BCUT2D eigenvalue weighted by molar-refractivity contribution is 5.59. The summed E-state index contributed by atoms with van der Waals surface area (Å²) < 4.78 is 0. The zero-order valence-electron chi connectivity index (χ0n) is 6.78. The van der Waals surface area contributed by atoms with Gasteiger partial charge in [-0.25, -0.2) is 0 Å². The molecule has 64 valence electrons. The Morgan fingerprint density at radius 3 is 2.62 bits per heavy atom. The first-order valence-corrected chi connectivity index (χ1v) is 3.57. The maximum atomic E-state index is 9.20. The molecule has 0 radical (unpaired) electrons. The van der Waals surface area contributed by atoms with Crippen molar-refractivity contribution in [1.29, 1.82) is 10.5 Å². The third-order valence-electron chi connectivity index (χ3n) is 1.64. The van der Waals surface area contributed by atoms with Crippen LogP contribution in [0.25, 0.3) is 0 Å². The molecule has 0 aromatic heterocycles. The van der Waals surface area contributed by atoms with Gasteiger partial charge < -0.3 is 10.8 Å². The number of nitrogens with two attached hydrogens (primary N) is 1. The fourth-order valence-electron chi connectivity index (χ4n) is 0.984. The van der Waals surface area contributed by atoms with Gasteiger partial charge in [-0.1, -0.05) is 0 Å². The molecule has 0 fully saturated rings. The zero-order valence-corrected chi connectivity index (χ0v) is 6.78. The van der Waals surface area contributed by atoms with Crippen LogP contribution in [0, 0.1) is 22.7 Å². The van der Waals surface area contributed by atoms with Crippen molar-refractivity contribution in [2.45, 2.75) is 6.42 Å². The first-order valence-electron chi connectivity index (χ1n) is 3.57. The molecule has 0 amide bonds. The number of benzene rings is 1. The van der Waals surface area contributed by atoms with E-state index >= 15 is 0 Å². The van der Waals surface area contributed by atoms with Crippen LogP contribution in [0.5, 0.6) is 5.75 Å². The highest BCUT2D eigenvalue weighted by atomic mass is 16.3. The summed E-state index contributed by atoms with van der Waals surface area (Å²) >= 11 is 0. The van der Waals surface area contributed by atoms with E-state index in [0.717, 1.165) is 0 Å². The summed E-state index contributed by atoms with van der Waals surface area (Å²) in [6.45, 7) is 0. The molecule has 0 bridgehead atoms. The Kier molecular flexibility index (Phi) is 2.37. The van der Waals surface area contributed by atoms with E-state index < -0.39 is 0 Å². The SMILES string of the molecule is N#CCc1cc(O)c(N)cc1C#N. The summed E-state index contributed by atoms with van der Waals surface area (Å²) in [4.78, 5) is 0. The minimum absolute atomic E-state index is 0.0933. The van der Waals surface area contributed by atoms with Gasteiger partial charge in [-0.2, -0.15) is 10.5 Å². The molecule has 1 aromatic carbocycles. The van der Waals surface area contributed by atoms with Crippen molar-refractivity contribution in [2.75, 3.05) is 5.73 Å². The largest absolute Gasteiger partial charge is 0.506 e. The van der Waals surface area contributed by atoms with Gasteiger partial charge in [-0.15, -0.1) is 0 Å². The highest BCUT2D eigenvalue weighted by Crippen LogP contribution is 2.24.